The van der Waals surface area contributed by atoms with Crippen LogP contribution in [-0.4, -0.2) is 72.0 Å². The van der Waals surface area contributed by atoms with Crippen LogP contribution in [-0.2, 0) is 24.3 Å². The Bertz CT molecular complexity index is 613. The smallest absolute Gasteiger partial charge is 0.191 e. The van der Waals surface area contributed by atoms with Crippen molar-refractivity contribution in [1.29, 1.82) is 0 Å². The van der Waals surface area contributed by atoms with Gasteiger partial charge in [-0.3, -0.25) is 4.99 Å². The van der Waals surface area contributed by atoms with E-state index in [0.29, 0.717) is 12.6 Å². The summed E-state index contributed by atoms with van der Waals surface area (Å²) >= 11 is 0. The molecule has 0 saturated carbocycles. The molecule has 3 rings (SSSR count). The number of fused-ring (bicyclic) bond motifs is 1. The van der Waals surface area contributed by atoms with Crippen LogP contribution in [0.5, 0.6) is 0 Å². The van der Waals surface area contributed by atoms with E-state index < -0.39 is 0 Å². The maximum Gasteiger partial charge on any atom is 0.191 e. The number of nitrogens with zero attached hydrogens (tertiary/aromatic N) is 5. The molecule has 28 heavy (non-hydrogen) atoms. The monoisotopic (exact) mass is 505 g/mol. The first-order chi connectivity index (χ1) is 13.2. The van der Waals surface area contributed by atoms with Crippen LogP contribution >= 0.6 is 24.0 Å². The Morgan fingerprint density at radius 3 is 2.75 bits per heavy atom. The van der Waals surface area contributed by atoms with Gasteiger partial charge >= 0.3 is 0 Å². The van der Waals surface area contributed by atoms with Gasteiger partial charge < -0.3 is 20.3 Å². The molecule has 8 nitrogen and oxygen atoms in total. The average Bonchev–Trinajstić information content (AvgIpc) is 3.08. The summed E-state index contributed by atoms with van der Waals surface area (Å²) < 4.78 is 7.14. The fourth-order valence-corrected chi connectivity index (χ4v) is 4.03. The molecule has 2 aliphatic heterocycles. The molecule has 2 N–H and O–H groups in total. The first-order valence-corrected chi connectivity index (χ1v) is 10.3. The molecule has 1 atom stereocenters. The molecule has 0 spiro atoms. The van der Waals surface area contributed by atoms with Crippen molar-refractivity contribution in [2.45, 2.75) is 58.2 Å². The molecule has 2 aliphatic rings. The summed E-state index contributed by atoms with van der Waals surface area (Å²) in [5.74, 6) is 3.46. The van der Waals surface area contributed by atoms with E-state index in [1.807, 2.05) is 11.7 Å². The van der Waals surface area contributed by atoms with Gasteiger partial charge in [-0.15, -0.1) is 24.0 Å². The third kappa shape index (κ3) is 6.55. The Morgan fingerprint density at radius 2 is 2.07 bits per heavy atom. The number of aromatic nitrogens is 3. The molecule has 0 radical (unpaired) electrons. The Balaban J connectivity index is 0.00000280. The third-order valence-electron chi connectivity index (χ3n) is 5.54. The van der Waals surface area contributed by atoms with Crippen LogP contribution in [0.1, 0.15) is 44.3 Å². The van der Waals surface area contributed by atoms with Crippen LogP contribution < -0.4 is 10.6 Å². The highest BCUT2D eigenvalue weighted by Crippen LogP contribution is 2.17. The maximum atomic E-state index is 5.14. The minimum atomic E-state index is 0. The van der Waals surface area contributed by atoms with Crippen molar-refractivity contribution in [1.82, 2.24) is 30.3 Å². The minimum absolute atomic E-state index is 0. The Kier molecular flexibility index (Phi) is 9.93. The van der Waals surface area contributed by atoms with Crippen LogP contribution in [0.15, 0.2) is 4.99 Å². The van der Waals surface area contributed by atoms with E-state index >= 15 is 0 Å². The van der Waals surface area contributed by atoms with Crippen LogP contribution in [0, 0.1) is 5.92 Å². The highest BCUT2D eigenvalue weighted by Gasteiger charge is 2.23. The minimum Gasteiger partial charge on any atom is -0.377 e. The molecular weight excluding hydrogens is 469 g/mol. The lowest BCUT2D eigenvalue weighted by Gasteiger charge is -2.32. The molecular formula is C19H36IN7O. The molecule has 1 aromatic rings. The second-order valence-electron chi connectivity index (χ2n) is 7.68. The van der Waals surface area contributed by atoms with Crippen LogP contribution in [0.4, 0.5) is 0 Å². The summed E-state index contributed by atoms with van der Waals surface area (Å²) in [6.45, 7) is 8.25. The molecule has 160 valence electrons. The summed E-state index contributed by atoms with van der Waals surface area (Å²) in [6.07, 6.45) is 5.78. The number of aryl methyl sites for hydroxylation is 1. The number of methoxy groups -OCH3 is 1. The molecule has 0 bridgehead atoms. The fraction of sp³-hybridized carbons (Fsp3) is 0.842. The summed E-state index contributed by atoms with van der Waals surface area (Å²) in [6, 6.07) is 0.326. The van der Waals surface area contributed by atoms with Gasteiger partial charge in [0, 0.05) is 33.2 Å². The van der Waals surface area contributed by atoms with Gasteiger partial charge in [0.2, 0.25) is 0 Å². The third-order valence-corrected chi connectivity index (χ3v) is 5.54. The topological polar surface area (TPSA) is 79.6 Å². The number of guanidine groups is 1. The van der Waals surface area contributed by atoms with Crippen LogP contribution in [0.3, 0.4) is 0 Å². The molecule has 1 aromatic heterocycles. The van der Waals surface area contributed by atoms with Crippen molar-refractivity contribution in [3.05, 3.63) is 11.6 Å². The summed E-state index contributed by atoms with van der Waals surface area (Å²) in [4.78, 5) is 11.5. The summed E-state index contributed by atoms with van der Waals surface area (Å²) in [5.41, 5.74) is 0. The van der Waals surface area contributed by atoms with Crippen LogP contribution in [0.2, 0.25) is 0 Å². The number of rotatable bonds is 7. The Morgan fingerprint density at radius 1 is 1.29 bits per heavy atom. The highest BCUT2D eigenvalue weighted by molar-refractivity contribution is 14.0. The second kappa shape index (κ2) is 11.9. The van der Waals surface area contributed by atoms with Gasteiger partial charge in [0.05, 0.1) is 6.54 Å². The lowest BCUT2D eigenvalue weighted by atomic mass is 9.97. The standard InChI is InChI=1S/C19H35N7O.HI/c1-4-9-25-10-7-15(8-11-25)12-21-19(20-2)22-16-5-6-18-23-17(14-27-3)24-26(18)13-16;/h15-16H,4-14H2,1-3H3,(H2,20,21,22);1H. The van der Waals surface area contributed by atoms with E-state index in [1.54, 1.807) is 7.11 Å². The summed E-state index contributed by atoms with van der Waals surface area (Å²) in [7, 11) is 3.52. The van der Waals surface area contributed by atoms with Gasteiger partial charge in [-0.05, 0) is 51.2 Å². The zero-order chi connectivity index (χ0) is 19.1. The predicted molar refractivity (Wildman–Crippen MR) is 122 cm³/mol. The normalized spacial score (nSPS) is 21.1. The van der Waals surface area contributed by atoms with Crippen molar-refractivity contribution >= 4 is 29.9 Å². The largest absolute Gasteiger partial charge is 0.377 e. The van der Waals surface area contributed by atoms with Gasteiger partial charge in [0.1, 0.15) is 12.4 Å². The number of halogens is 1. The summed E-state index contributed by atoms with van der Waals surface area (Å²) in [5, 5.41) is 11.6. The maximum absolute atomic E-state index is 5.14. The number of aliphatic imine (C=N–C) groups is 1. The first-order valence-electron chi connectivity index (χ1n) is 10.3. The van der Waals surface area contributed by atoms with Gasteiger partial charge in [0.25, 0.3) is 0 Å². The molecule has 9 heteroatoms. The zero-order valence-electron chi connectivity index (χ0n) is 17.5. The predicted octanol–water partition coefficient (Wildman–Crippen LogP) is 1.64. The number of ether oxygens (including phenoxy) is 1. The van der Waals surface area contributed by atoms with Crippen LogP contribution in [0.25, 0.3) is 0 Å². The molecule has 1 saturated heterocycles. The number of hydrogen-bond acceptors (Lipinski definition) is 5. The fourth-order valence-electron chi connectivity index (χ4n) is 4.03. The second-order valence-corrected chi connectivity index (χ2v) is 7.68. The number of nitrogens with one attached hydrogen (secondary N) is 2. The highest BCUT2D eigenvalue weighted by atomic mass is 127. The number of likely N-dealkylation sites (tertiary alicyclic amines) is 1. The SMILES string of the molecule is CCCN1CCC(CNC(=NC)NC2CCc3nc(COC)nn3C2)CC1.I. The Labute approximate surface area is 185 Å². The quantitative estimate of drug-likeness (QED) is 0.334. The number of piperidine rings is 1. The average molecular weight is 505 g/mol. The van der Waals surface area contributed by atoms with Crippen molar-refractivity contribution in [2.24, 2.45) is 10.9 Å². The Hall–Kier alpha value is -0.940. The molecule has 3 heterocycles. The van der Waals surface area contributed by atoms with Crippen molar-refractivity contribution in [3.8, 4) is 0 Å². The van der Waals surface area contributed by atoms with Crippen molar-refractivity contribution < 1.29 is 4.74 Å². The van der Waals surface area contributed by atoms with Crippen molar-refractivity contribution in [3.63, 3.8) is 0 Å². The lowest BCUT2D eigenvalue weighted by Crippen LogP contribution is -2.48. The molecule has 0 amide bonds. The zero-order valence-corrected chi connectivity index (χ0v) is 19.8. The van der Waals surface area contributed by atoms with Gasteiger partial charge in [-0.2, -0.15) is 5.10 Å². The van der Waals surface area contributed by atoms with Crippen molar-refractivity contribution in [2.75, 3.05) is 40.3 Å². The molecule has 0 aromatic carbocycles. The molecule has 0 aliphatic carbocycles. The van der Waals surface area contributed by atoms with Gasteiger partial charge in [-0.1, -0.05) is 6.92 Å². The van der Waals surface area contributed by atoms with E-state index in [4.69, 9.17) is 4.74 Å². The van der Waals surface area contributed by atoms with E-state index in [-0.39, 0.29) is 24.0 Å². The van der Waals surface area contributed by atoms with Gasteiger partial charge in [0.15, 0.2) is 11.8 Å². The molecule has 1 fully saturated rings. The lowest BCUT2D eigenvalue weighted by molar-refractivity contribution is 0.177. The first kappa shape index (κ1) is 23.3. The van der Waals surface area contributed by atoms with E-state index in [0.717, 1.165) is 49.5 Å². The number of hydrogen-bond donors (Lipinski definition) is 2. The van der Waals surface area contributed by atoms with Gasteiger partial charge in [-0.25, -0.2) is 9.67 Å². The van der Waals surface area contributed by atoms with E-state index in [2.05, 4.69) is 37.5 Å². The molecule has 1 unspecified atom stereocenters. The van der Waals surface area contributed by atoms with E-state index in [9.17, 15) is 0 Å². The van der Waals surface area contributed by atoms with E-state index in [1.165, 1.54) is 38.9 Å².